The molecule has 1 aromatic rings. The third kappa shape index (κ3) is 6.62. The van der Waals surface area contributed by atoms with Gasteiger partial charge in [0, 0.05) is 31.4 Å². The van der Waals surface area contributed by atoms with E-state index in [9.17, 15) is 9.90 Å². The van der Waals surface area contributed by atoms with E-state index in [1.165, 1.54) is 44.4 Å². The van der Waals surface area contributed by atoms with Gasteiger partial charge in [0.05, 0.1) is 12.8 Å². The largest absolute Gasteiger partial charge is 0.503 e. The number of aromatic hydroxyl groups is 1. The normalized spacial score (nSPS) is 11.3. The first-order chi connectivity index (χ1) is 10.6. The molecule has 0 saturated carbocycles. The van der Waals surface area contributed by atoms with Gasteiger partial charge >= 0.3 is 0 Å². The maximum absolute atomic E-state index is 11.6. The highest BCUT2D eigenvalue weighted by Crippen LogP contribution is 2.11. The summed E-state index contributed by atoms with van der Waals surface area (Å²) in [7, 11) is 1.91. The van der Waals surface area contributed by atoms with E-state index in [-0.39, 0.29) is 17.8 Å². The van der Waals surface area contributed by atoms with Crippen LogP contribution in [0.2, 0.25) is 0 Å². The molecular formula is C17H30N2O3. The molecule has 0 saturated heterocycles. The van der Waals surface area contributed by atoms with E-state index < -0.39 is 0 Å². The van der Waals surface area contributed by atoms with E-state index in [4.69, 9.17) is 5.11 Å². The lowest BCUT2D eigenvalue weighted by Gasteiger charge is -2.19. The topological polar surface area (TPSA) is 65.7 Å². The van der Waals surface area contributed by atoms with Crippen LogP contribution in [0.25, 0.3) is 0 Å². The first kappa shape index (κ1) is 18.7. The molecule has 0 atom stereocenters. The number of aryl methyl sites for hydroxylation is 1. The van der Waals surface area contributed by atoms with Gasteiger partial charge in [0.2, 0.25) is 5.43 Å². The second-order valence-electron chi connectivity index (χ2n) is 5.94. The van der Waals surface area contributed by atoms with E-state index in [0.717, 1.165) is 18.7 Å². The average Bonchev–Trinajstić information content (AvgIpc) is 2.47. The van der Waals surface area contributed by atoms with Crippen molar-refractivity contribution in [3.8, 4) is 5.75 Å². The Morgan fingerprint density at radius 1 is 1.18 bits per heavy atom. The van der Waals surface area contributed by atoms with Crippen LogP contribution in [-0.2, 0) is 13.1 Å². The Hall–Kier alpha value is -1.33. The zero-order chi connectivity index (χ0) is 16.4. The highest BCUT2D eigenvalue weighted by Gasteiger charge is 2.08. The molecule has 0 aromatic carbocycles. The lowest BCUT2D eigenvalue weighted by atomic mass is 10.1. The molecule has 126 valence electrons. The van der Waals surface area contributed by atoms with Gasteiger partial charge in [0.25, 0.3) is 0 Å². The van der Waals surface area contributed by atoms with Gasteiger partial charge in [-0.25, -0.2) is 0 Å². The Morgan fingerprint density at radius 2 is 1.86 bits per heavy atom. The maximum Gasteiger partial charge on any atom is 0.223 e. The maximum atomic E-state index is 11.6. The third-order valence-corrected chi connectivity index (χ3v) is 3.86. The summed E-state index contributed by atoms with van der Waals surface area (Å²) in [6.45, 7) is 4.26. The first-order valence-electron chi connectivity index (χ1n) is 8.30. The van der Waals surface area contributed by atoms with E-state index in [0.29, 0.717) is 13.1 Å². The molecule has 1 heterocycles. The molecule has 0 bridgehead atoms. The molecule has 1 aromatic heterocycles. The Balaban J connectivity index is 2.62. The van der Waals surface area contributed by atoms with Gasteiger partial charge in [-0.1, -0.05) is 39.0 Å². The summed E-state index contributed by atoms with van der Waals surface area (Å²) in [5, 5.41) is 18.6. The van der Waals surface area contributed by atoms with Gasteiger partial charge in [0.1, 0.15) is 0 Å². The SMILES string of the molecule is CCCCCCCCn1cc(O)c(=O)cc1CN(C)CCO. The minimum absolute atomic E-state index is 0.0935. The van der Waals surface area contributed by atoms with Crippen LogP contribution >= 0.6 is 0 Å². The number of nitrogens with zero attached hydrogens (tertiary/aromatic N) is 2. The predicted molar refractivity (Wildman–Crippen MR) is 89.2 cm³/mol. The summed E-state index contributed by atoms with van der Waals surface area (Å²) in [5.41, 5.74) is 0.541. The second kappa shape index (κ2) is 10.4. The molecule has 1 rings (SSSR count). The Morgan fingerprint density at radius 3 is 2.55 bits per heavy atom. The van der Waals surface area contributed by atoms with Crippen molar-refractivity contribution < 1.29 is 10.2 Å². The number of likely N-dealkylation sites (N-methyl/N-ethyl adjacent to an activating group) is 1. The fraction of sp³-hybridized carbons (Fsp3) is 0.706. The van der Waals surface area contributed by atoms with Crippen molar-refractivity contribution in [3.05, 3.63) is 28.2 Å². The van der Waals surface area contributed by atoms with E-state index >= 15 is 0 Å². The second-order valence-corrected chi connectivity index (χ2v) is 5.94. The molecule has 0 spiro atoms. The van der Waals surface area contributed by atoms with E-state index in [1.807, 2.05) is 16.5 Å². The monoisotopic (exact) mass is 310 g/mol. The fourth-order valence-electron chi connectivity index (χ4n) is 2.54. The van der Waals surface area contributed by atoms with Crippen molar-refractivity contribution >= 4 is 0 Å². The average molecular weight is 310 g/mol. The van der Waals surface area contributed by atoms with Gasteiger partial charge < -0.3 is 14.8 Å². The highest BCUT2D eigenvalue weighted by atomic mass is 16.3. The van der Waals surface area contributed by atoms with Gasteiger partial charge in [-0.3, -0.25) is 9.69 Å². The molecular weight excluding hydrogens is 280 g/mol. The van der Waals surface area contributed by atoms with Crippen molar-refractivity contribution in [2.75, 3.05) is 20.2 Å². The third-order valence-electron chi connectivity index (χ3n) is 3.86. The summed E-state index contributed by atoms with van der Waals surface area (Å²) in [5.74, 6) is -0.195. The summed E-state index contributed by atoms with van der Waals surface area (Å²) in [6, 6.07) is 1.50. The molecule has 0 aliphatic heterocycles. The summed E-state index contributed by atoms with van der Waals surface area (Å²) in [4.78, 5) is 13.6. The van der Waals surface area contributed by atoms with Crippen molar-refractivity contribution in [2.45, 2.75) is 58.5 Å². The van der Waals surface area contributed by atoms with Gasteiger partial charge in [-0.15, -0.1) is 0 Å². The van der Waals surface area contributed by atoms with Crippen LogP contribution in [-0.4, -0.2) is 39.9 Å². The molecule has 0 unspecified atom stereocenters. The molecule has 2 N–H and O–H groups in total. The number of hydrogen-bond donors (Lipinski definition) is 2. The zero-order valence-electron chi connectivity index (χ0n) is 13.9. The van der Waals surface area contributed by atoms with Crippen LogP contribution in [0.15, 0.2) is 17.1 Å². The molecule has 0 radical (unpaired) electrons. The van der Waals surface area contributed by atoms with Crippen molar-refractivity contribution in [1.82, 2.24) is 9.47 Å². The first-order valence-corrected chi connectivity index (χ1v) is 8.30. The van der Waals surface area contributed by atoms with Gasteiger partial charge in [-0.05, 0) is 13.5 Å². The number of pyridine rings is 1. The van der Waals surface area contributed by atoms with Gasteiger partial charge in [-0.2, -0.15) is 0 Å². The molecule has 5 nitrogen and oxygen atoms in total. The van der Waals surface area contributed by atoms with Crippen molar-refractivity contribution in [3.63, 3.8) is 0 Å². The van der Waals surface area contributed by atoms with Crippen LogP contribution in [0.1, 0.15) is 51.1 Å². The quantitative estimate of drug-likeness (QED) is 0.616. The molecule has 0 amide bonds. The van der Waals surface area contributed by atoms with Crippen LogP contribution in [0.5, 0.6) is 5.75 Å². The van der Waals surface area contributed by atoms with Crippen LogP contribution in [0.4, 0.5) is 0 Å². The predicted octanol–water partition coefficient (Wildman–Crippen LogP) is 2.34. The smallest absolute Gasteiger partial charge is 0.223 e. The van der Waals surface area contributed by atoms with Crippen LogP contribution in [0.3, 0.4) is 0 Å². The number of aliphatic hydroxyl groups is 1. The van der Waals surface area contributed by atoms with E-state index in [1.54, 1.807) is 0 Å². The Labute approximate surface area is 133 Å². The van der Waals surface area contributed by atoms with Crippen molar-refractivity contribution in [2.24, 2.45) is 0 Å². The standard InChI is InChI=1S/C17H30N2O3/c1-3-4-5-6-7-8-9-19-14-17(22)16(21)12-15(19)13-18(2)10-11-20/h12,14,20,22H,3-11,13H2,1-2H3. The summed E-state index contributed by atoms with van der Waals surface area (Å²) >= 11 is 0. The minimum atomic E-state index is -0.341. The van der Waals surface area contributed by atoms with Crippen LogP contribution < -0.4 is 5.43 Å². The molecule has 0 aliphatic rings. The van der Waals surface area contributed by atoms with Crippen LogP contribution in [0, 0.1) is 0 Å². The van der Waals surface area contributed by atoms with E-state index in [2.05, 4.69) is 6.92 Å². The number of rotatable bonds is 11. The minimum Gasteiger partial charge on any atom is -0.503 e. The Kier molecular flexibility index (Phi) is 8.85. The van der Waals surface area contributed by atoms with Gasteiger partial charge in [0.15, 0.2) is 5.75 Å². The number of aromatic nitrogens is 1. The number of unbranched alkanes of at least 4 members (excludes halogenated alkanes) is 5. The number of aliphatic hydroxyl groups excluding tert-OH is 1. The lowest BCUT2D eigenvalue weighted by Crippen LogP contribution is -2.25. The summed E-state index contributed by atoms with van der Waals surface area (Å²) < 4.78 is 1.96. The molecule has 0 fully saturated rings. The Bertz CT molecular complexity index is 485. The zero-order valence-corrected chi connectivity index (χ0v) is 13.9. The molecule has 0 aliphatic carbocycles. The summed E-state index contributed by atoms with van der Waals surface area (Å²) in [6.07, 6.45) is 8.79. The molecule has 5 heteroatoms. The van der Waals surface area contributed by atoms with Crippen molar-refractivity contribution in [1.29, 1.82) is 0 Å². The lowest BCUT2D eigenvalue weighted by molar-refractivity contribution is 0.214. The number of hydrogen-bond acceptors (Lipinski definition) is 4. The molecule has 22 heavy (non-hydrogen) atoms. The highest BCUT2D eigenvalue weighted by molar-refractivity contribution is 5.20. The fourth-order valence-corrected chi connectivity index (χ4v) is 2.54.